The second kappa shape index (κ2) is 6.20. The summed E-state index contributed by atoms with van der Waals surface area (Å²) >= 11 is 3.30. The summed E-state index contributed by atoms with van der Waals surface area (Å²) in [6.45, 7) is 4.45. The Morgan fingerprint density at radius 2 is 1.89 bits per heavy atom. The highest BCUT2D eigenvalue weighted by molar-refractivity contribution is 9.08. The van der Waals surface area contributed by atoms with Crippen molar-refractivity contribution in [2.75, 3.05) is 0 Å². The summed E-state index contributed by atoms with van der Waals surface area (Å²) in [6, 6.07) is 11.2. The van der Waals surface area contributed by atoms with Gasteiger partial charge in [0, 0.05) is 5.33 Å². The molecular formula is C16H16BrFO. The van der Waals surface area contributed by atoms with Crippen LogP contribution in [-0.2, 0) is 11.9 Å². The molecule has 0 saturated heterocycles. The Morgan fingerprint density at radius 3 is 2.58 bits per heavy atom. The van der Waals surface area contributed by atoms with Crippen LogP contribution in [0, 0.1) is 19.7 Å². The number of halogens is 2. The van der Waals surface area contributed by atoms with Crippen LogP contribution in [0.1, 0.15) is 22.3 Å². The highest BCUT2D eigenvalue weighted by Gasteiger charge is 2.06. The third kappa shape index (κ3) is 3.57. The quantitative estimate of drug-likeness (QED) is 0.726. The van der Waals surface area contributed by atoms with E-state index < -0.39 is 0 Å². The Bertz CT molecular complexity index is 581. The van der Waals surface area contributed by atoms with Gasteiger partial charge in [0.1, 0.15) is 6.61 Å². The van der Waals surface area contributed by atoms with Gasteiger partial charge in [0.05, 0.1) is 0 Å². The first kappa shape index (κ1) is 14.1. The molecule has 2 aromatic rings. The van der Waals surface area contributed by atoms with Crippen LogP contribution in [-0.4, -0.2) is 0 Å². The van der Waals surface area contributed by atoms with E-state index in [1.54, 1.807) is 6.07 Å². The lowest BCUT2D eigenvalue weighted by molar-refractivity contribution is 0.289. The van der Waals surface area contributed by atoms with Gasteiger partial charge in [0.15, 0.2) is 11.6 Å². The number of alkyl halides is 1. The summed E-state index contributed by atoms with van der Waals surface area (Å²) in [5, 5.41) is 0.640. The summed E-state index contributed by atoms with van der Waals surface area (Å²) in [7, 11) is 0. The maximum Gasteiger partial charge on any atom is 0.165 e. The molecule has 100 valence electrons. The molecule has 0 unspecified atom stereocenters. The minimum Gasteiger partial charge on any atom is -0.486 e. The van der Waals surface area contributed by atoms with Crippen molar-refractivity contribution < 1.29 is 9.13 Å². The molecule has 0 spiro atoms. The van der Waals surface area contributed by atoms with Gasteiger partial charge < -0.3 is 4.74 Å². The van der Waals surface area contributed by atoms with Crippen molar-refractivity contribution in [3.63, 3.8) is 0 Å². The van der Waals surface area contributed by atoms with E-state index in [-0.39, 0.29) is 5.82 Å². The van der Waals surface area contributed by atoms with E-state index in [0.29, 0.717) is 17.7 Å². The molecule has 3 heteroatoms. The van der Waals surface area contributed by atoms with Gasteiger partial charge in [-0.25, -0.2) is 4.39 Å². The molecular weight excluding hydrogens is 307 g/mol. The van der Waals surface area contributed by atoms with E-state index in [9.17, 15) is 4.39 Å². The molecule has 2 rings (SSSR count). The van der Waals surface area contributed by atoms with Gasteiger partial charge >= 0.3 is 0 Å². The van der Waals surface area contributed by atoms with E-state index >= 15 is 0 Å². The minimum atomic E-state index is -0.317. The van der Waals surface area contributed by atoms with Crippen molar-refractivity contribution in [3.05, 3.63) is 64.5 Å². The van der Waals surface area contributed by atoms with Crippen LogP contribution in [0.25, 0.3) is 0 Å². The molecule has 2 aromatic carbocycles. The summed E-state index contributed by atoms with van der Waals surface area (Å²) < 4.78 is 19.3. The molecule has 0 aliphatic heterocycles. The zero-order valence-electron chi connectivity index (χ0n) is 11.0. The van der Waals surface area contributed by atoms with Gasteiger partial charge in [-0.3, -0.25) is 0 Å². The molecule has 0 bridgehead atoms. The summed E-state index contributed by atoms with van der Waals surface area (Å²) in [6.07, 6.45) is 0. The van der Waals surface area contributed by atoms with Gasteiger partial charge in [-0.05, 0) is 42.7 Å². The topological polar surface area (TPSA) is 9.23 Å². The maximum atomic E-state index is 13.8. The van der Waals surface area contributed by atoms with Crippen molar-refractivity contribution in [3.8, 4) is 5.75 Å². The Labute approximate surface area is 121 Å². The number of aryl methyl sites for hydroxylation is 2. The van der Waals surface area contributed by atoms with Gasteiger partial charge in [-0.1, -0.05) is 45.8 Å². The van der Waals surface area contributed by atoms with Crippen molar-refractivity contribution in [2.45, 2.75) is 25.8 Å². The van der Waals surface area contributed by atoms with Crippen molar-refractivity contribution in [1.29, 1.82) is 0 Å². The normalized spacial score (nSPS) is 10.5. The molecule has 1 nitrogen and oxygen atoms in total. The van der Waals surface area contributed by atoms with Crippen LogP contribution in [0.15, 0.2) is 36.4 Å². The fraction of sp³-hybridized carbons (Fsp3) is 0.250. The first-order chi connectivity index (χ1) is 9.10. The van der Waals surface area contributed by atoms with E-state index in [2.05, 4.69) is 34.1 Å². The second-order valence-corrected chi connectivity index (χ2v) is 5.18. The largest absolute Gasteiger partial charge is 0.486 e. The lowest BCUT2D eigenvalue weighted by Crippen LogP contribution is -2.00. The van der Waals surface area contributed by atoms with E-state index in [1.165, 1.54) is 11.6 Å². The Hall–Kier alpha value is -1.35. The molecule has 0 heterocycles. The van der Waals surface area contributed by atoms with Crippen molar-refractivity contribution in [2.24, 2.45) is 0 Å². The SMILES string of the molecule is Cc1ccc(C)c(COc2ccc(CBr)cc2F)c1. The molecule has 0 aromatic heterocycles. The smallest absolute Gasteiger partial charge is 0.165 e. The number of rotatable bonds is 4. The summed E-state index contributed by atoms with van der Waals surface area (Å²) in [5.41, 5.74) is 4.32. The third-order valence-electron chi connectivity index (χ3n) is 3.04. The standard InChI is InChI=1S/C16H16BrFO/c1-11-3-4-12(2)14(7-11)10-19-16-6-5-13(9-17)8-15(16)18/h3-8H,9-10H2,1-2H3. The molecule has 0 amide bonds. The number of hydrogen-bond acceptors (Lipinski definition) is 1. The molecule has 0 N–H and O–H groups in total. The first-order valence-electron chi connectivity index (χ1n) is 6.13. The zero-order chi connectivity index (χ0) is 13.8. The second-order valence-electron chi connectivity index (χ2n) is 4.62. The average molecular weight is 323 g/mol. The molecule has 19 heavy (non-hydrogen) atoms. The van der Waals surface area contributed by atoms with Gasteiger partial charge in [0.25, 0.3) is 0 Å². The van der Waals surface area contributed by atoms with Gasteiger partial charge in [-0.2, -0.15) is 0 Å². The first-order valence-corrected chi connectivity index (χ1v) is 7.25. The van der Waals surface area contributed by atoms with Crippen LogP contribution >= 0.6 is 15.9 Å². The number of hydrogen-bond donors (Lipinski definition) is 0. The maximum absolute atomic E-state index is 13.8. The highest BCUT2D eigenvalue weighted by Crippen LogP contribution is 2.21. The van der Waals surface area contributed by atoms with Crippen molar-refractivity contribution >= 4 is 15.9 Å². The van der Waals surface area contributed by atoms with E-state index in [1.807, 2.05) is 19.9 Å². The fourth-order valence-electron chi connectivity index (χ4n) is 1.86. The van der Waals surface area contributed by atoms with Crippen LogP contribution in [0.3, 0.4) is 0 Å². The zero-order valence-corrected chi connectivity index (χ0v) is 12.6. The Kier molecular flexibility index (Phi) is 4.59. The van der Waals surface area contributed by atoms with Crippen LogP contribution in [0.4, 0.5) is 4.39 Å². The summed E-state index contributed by atoms with van der Waals surface area (Å²) in [4.78, 5) is 0. The van der Waals surface area contributed by atoms with Crippen LogP contribution in [0.5, 0.6) is 5.75 Å². The van der Waals surface area contributed by atoms with Gasteiger partial charge in [0.2, 0.25) is 0 Å². The van der Waals surface area contributed by atoms with E-state index in [0.717, 1.165) is 16.7 Å². The number of benzene rings is 2. The molecule has 0 atom stereocenters. The lowest BCUT2D eigenvalue weighted by atomic mass is 10.1. The monoisotopic (exact) mass is 322 g/mol. The van der Waals surface area contributed by atoms with E-state index in [4.69, 9.17) is 4.74 Å². The minimum absolute atomic E-state index is 0.297. The molecule has 0 aliphatic carbocycles. The lowest BCUT2D eigenvalue weighted by Gasteiger charge is -2.11. The predicted molar refractivity (Wildman–Crippen MR) is 79.3 cm³/mol. The number of ether oxygens (including phenoxy) is 1. The van der Waals surface area contributed by atoms with Crippen LogP contribution < -0.4 is 4.74 Å². The Balaban J connectivity index is 2.12. The highest BCUT2D eigenvalue weighted by atomic mass is 79.9. The molecule has 0 aliphatic rings. The fourth-order valence-corrected chi connectivity index (χ4v) is 2.20. The van der Waals surface area contributed by atoms with Gasteiger partial charge in [-0.15, -0.1) is 0 Å². The van der Waals surface area contributed by atoms with Crippen LogP contribution in [0.2, 0.25) is 0 Å². The molecule has 0 fully saturated rings. The van der Waals surface area contributed by atoms with Crippen molar-refractivity contribution in [1.82, 2.24) is 0 Å². The molecule has 0 saturated carbocycles. The average Bonchev–Trinajstić information content (AvgIpc) is 2.40. The Morgan fingerprint density at radius 1 is 1.11 bits per heavy atom. The molecule has 0 radical (unpaired) electrons. The predicted octanol–water partition coefficient (Wildman–Crippen LogP) is 4.92. The third-order valence-corrected chi connectivity index (χ3v) is 3.69. The summed E-state index contributed by atoms with van der Waals surface area (Å²) in [5.74, 6) is -0.0205.